The second-order valence-electron chi connectivity index (χ2n) is 9.12. The van der Waals surface area contributed by atoms with Crippen LogP contribution in [0.5, 0.6) is 0 Å². The number of amides is 1. The molecule has 1 aliphatic heterocycles. The summed E-state index contributed by atoms with van der Waals surface area (Å²) < 4.78 is 10.5. The monoisotopic (exact) mass is 422 g/mol. The van der Waals surface area contributed by atoms with Crippen molar-refractivity contribution in [2.24, 2.45) is 10.9 Å². The summed E-state index contributed by atoms with van der Waals surface area (Å²) in [5.74, 6) is 1.95. The van der Waals surface area contributed by atoms with Gasteiger partial charge in [0.15, 0.2) is 5.96 Å². The molecule has 0 aromatic carbocycles. The van der Waals surface area contributed by atoms with Crippen LogP contribution >= 0.6 is 0 Å². The summed E-state index contributed by atoms with van der Waals surface area (Å²) in [4.78, 5) is 21.2. The lowest BCUT2D eigenvalue weighted by Gasteiger charge is -2.36. The van der Waals surface area contributed by atoms with E-state index in [1.807, 2.05) is 33.8 Å². The van der Waals surface area contributed by atoms with Gasteiger partial charge in [0.25, 0.3) is 0 Å². The van der Waals surface area contributed by atoms with Crippen LogP contribution in [-0.2, 0) is 11.3 Å². The maximum absolute atomic E-state index is 12.2. The molecule has 0 saturated carbocycles. The number of guanidine groups is 1. The van der Waals surface area contributed by atoms with Crippen LogP contribution in [0, 0.1) is 12.8 Å². The van der Waals surface area contributed by atoms with Gasteiger partial charge in [0, 0.05) is 52.4 Å². The molecular formula is C21H38N6O3. The number of piperazine rings is 1. The van der Waals surface area contributed by atoms with Crippen molar-refractivity contribution in [3.63, 3.8) is 0 Å². The Balaban J connectivity index is 1.82. The van der Waals surface area contributed by atoms with Gasteiger partial charge < -0.3 is 24.8 Å². The summed E-state index contributed by atoms with van der Waals surface area (Å²) in [5, 5.41) is 10.5. The molecule has 2 rings (SSSR count). The van der Waals surface area contributed by atoms with Crippen molar-refractivity contribution in [3.8, 4) is 0 Å². The molecule has 1 unspecified atom stereocenters. The molecule has 0 aliphatic carbocycles. The molecule has 2 N–H and O–H groups in total. The average Bonchev–Trinajstić information content (AvgIpc) is 3.05. The van der Waals surface area contributed by atoms with Gasteiger partial charge in [-0.25, -0.2) is 4.79 Å². The fourth-order valence-corrected chi connectivity index (χ4v) is 3.29. The second kappa shape index (κ2) is 10.7. The highest BCUT2D eigenvalue weighted by Gasteiger charge is 2.24. The first-order chi connectivity index (χ1) is 14.1. The first kappa shape index (κ1) is 24.0. The van der Waals surface area contributed by atoms with E-state index in [4.69, 9.17) is 9.26 Å². The van der Waals surface area contributed by atoms with Gasteiger partial charge in [0.2, 0.25) is 0 Å². The first-order valence-electron chi connectivity index (χ1n) is 10.7. The number of carbonyl (C=O) groups excluding carboxylic acids is 1. The number of alkyl carbamates (subject to hydrolysis) is 1. The molecule has 0 bridgehead atoms. The van der Waals surface area contributed by atoms with Crippen LogP contribution in [0.1, 0.15) is 46.1 Å². The highest BCUT2D eigenvalue weighted by molar-refractivity contribution is 5.80. The van der Waals surface area contributed by atoms with Crippen LogP contribution in [0.4, 0.5) is 4.79 Å². The third kappa shape index (κ3) is 7.85. The molecule has 2 heterocycles. The molecule has 1 fully saturated rings. The number of nitrogens with zero attached hydrogens (tertiary/aromatic N) is 4. The van der Waals surface area contributed by atoms with Crippen molar-refractivity contribution in [3.05, 3.63) is 17.5 Å². The van der Waals surface area contributed by atoms with Crippen molar-refractivity contribution in [2.75, 3.05) is 39.8 Å². The Kier molecular flexibility index (Phi) is 8.52. The third-order valence-corrected chi connectivity index (χ3v) is 4.93. The van der Waals surface area contributed by atoms with Gasteiger partial charge in [0.1, 0.15) is 11.4 Å². The SMILES string of the molecule is CN=C(NCC(NC(=O)OC(C)(C)C)C(C)C)N1CCN(Cc2cc(C)on2)CC1. The van der Waals surface area contributed by atoms with E-state index < -0.39 is 11.7 Å². The highest BCUT2D eigenvalue weighted by atomic mass is 16.6. The van der Waals surface area contributed by atoms with E-state index in [1.165, 1.54) is 0 Å². The summed E-state index contributed by atoms with van der Waals surface area (Å²) in [6, 6.07) is 1.92. The van der Waals surface area contributed by atoms with Gasteiger partial charge in [-0.1, -0.05) is 19.0 Å². The number of nitrogens with one attached hydrogen (secondary N) is 2. The van der Waals surface area contributed by atoms with Crippen LogP contribution in [0.3, 0.4) is 0 Å². The summed E-state index contributed by atoms with van der Waals surface area (Å²) in [6.07, 6.45) is -0.394. The van der Waals surface area contributed by atoms with Gasteiger partial charge >= 0.3 is 6.09 Å². The summed E-state index contributed by atoms with van der Waals surface area (Å²) in [7, 11) is 1.79. The zero-order valence-corrected chi connectivity index (χ0v) is 19.5. The van der Waals surface area contributed by atoms with Gasteiger partial charge in [0.05, 0.1) is 11.7 Å². The van der Waals surface area contributed by atoms with E-state index in [2.05, 4.69) is 44.4 Å². The van der Waals surface area contributed by atoms with Gasteiger partial charge in [-0.2, -0.15) is 0 Å². The maximum Gasteiger partial charge on any atom is 0.407 e. The Morgan fingerprint density at radius 3 is 2.47 bits per heavy atom. The zero-order chi connectivity index (χ0) is 22.3. The van der Waals surface area contributed by atoms with Crippen molar-refractivity contribution < 1.29 is 14.1 Å². The number of hydrogen-bond donors (Lipinski definition) is 2. The van der Waals surface area contributed by atoms with Gasteiger partial charge in [-0.3, -0.25) is 9.89 Å². The van der Waals surface area contributed by atoms with Crippen molar-refractivity contribution >= 4 is 12.1 Å². The Hall–Kier alpha value is -2.29. The smallest absolute Gasteiger partial charge is 0.407 e. The predicted octanol–water partition coefficient (Wildman–Crippen LogP) is 2.23. The molecule has 170 valence electrons. The van der Waals surface area contributed by atoms with Crippen LogP contribution in [0.25, 0.3) is 0 Å². The molecule has 1 amide bonds. The van der Waals surface area contributed by atoms with Crippen molar-refractivity contribution in [1.82, 2.24) is 25.6 Å². The van der Waals surface area contributed by atoms with E-state index in [9.17, 15) is 4.79 Å². The van der Waals surface area contributed by atoms with Crippen LogP contribution < -0.4 is 10.6 Å². The van der Waals surface area contributed by atoms with Gasteiger partial charge in [-0.15, -0.1) is 0 Å². The molecule has 1 aliphatic rings. The topological polar surface area (TPSA) is 95.2 Å². The molecule has 0 spiro atoms. The molecule has 0 radical (unpaired) electrons. The largest absolute Gasteiger partial charge is 0.444 e. The highest BCUT2D eigenvalue weighted by Crippen LogP contribution is 2.10. The number of aromatic nitrogens is 1. The maximum atomic E-state index is 12.2. The minimum absolute atomic E-state index is 0.0618. The molecule has 30 heavy (non-hydrogen) atoms. The van der Waals surface area contributed by atoms with Gasteiger partial charge in [-0.05, 0) is 33.6 Å². The molecule has 1 saturated heterocycles. The summed E-state index contributed by atoms with van der Waals surface area (Å²) in [6.45, 7) is 16.6. The second-order valence-corrected chi connectivity index (χ2v) is 9.12. The normalized spacial score (nSPS) is 17.2. The molecule has 9 heteroatoms. The predicted molar refractivity (Wildman–Crippen MR) is 117 cm³/mol. The van der Waals surface area contributed by atoms with E-state index in [1.54, 1.807) is 7.05 Å². The van der Waals surface area contributed by atoms with E-state index in [-0.39, 0.29) is 12.0 Å². The minimum atomic E-state index is -0.514. The average molecular weight is 423 g/mol. The lowest BCUT2D eigenvalue weighted by Crippen LogP contribution is -2.55. The standard InChI is InChI=1S/C21H38N6O3/c1-15(2)18(24-20(28)29-21(4,5)6)13-23-19(22-7)27-10-8-26(9-11-27)14-17-12-16(3)30-25-17/h12,15,18H,8-11,13-14H2,1-7H3,(H,22,23)(H,24,28). The quantitative estimate of drug-likeness (QED) is 0.536. The number of aryl methyl sites for hydroxylation is 1. The zero-order valence-electron chi connectivity index (χ0n) is 19.5. The number of ether oxygens (including phenoxy) is 1. The fraction of sp³-hybridized carbons (Fsp3) is 0.762. The number of hydrogen-bond acceptors (Lipinski definition) is 6. The molecule has 1 aromatic rings. The number of rotatable bonds is 6. The van der Waals surface area contributed by atoms with Crippen LogP contribution in [0.15, 0.2) is 15.6 Å². The van der Waals surface area contributed by atoms with E-state index in [0.717, 1.165) is 50.1 Å². The van der Waals surface area contributed by atoms with Crippen LogP contribution in [0.2, 0.25) is 0 Å². The molecule has 1 aromatic heterocycles. The lowest BCUT2D eigenvalue weighted by molar-refractivity contribution is 0.0491. The molecule has 1 atom stereocenters. The fourth-order valence-electron chi connectivity index (χ4n) is 3.29. The van der Waals surface area contributed by atoms with Crippen molar-refractivity contribution in [2.45, 2.75) is 59.7 Å². The van der Waals surface area contributed by atoms with Crippen LogP contribution in [-0.4, -0.2) is 78.4 Å². The Morgan fingerprint density at radius 2 is 1.97 bits per heavy atom. The molecule has 9 nitrogen and oxygen atoms in total. The van der Waals surface area contributed by atoms with E-state index in [0.29, 0.717) is 6.54 Å². The minimum Gasteiger partial charge on any atom is -0.444 e. The van der Waals surface area contributed by atoms with Crippen molar-refractivity contribution in [1.29, 1.82) is 0 Å². The number of carbonyl (C=O) groups is 1. The van der Waals surface area contributed by atoms with E-state index >= 15 is 0 Å². The summed E-state index contributed by atoms with van der Waals surface area (Å²) >= 11 is 0. The third-order valence-electron chi connectivity index (χ3n) is 4.93. The summed E-state index contributed by atoms with van der Waals surface area (Å²) in [5.41, 5.74) is 0.454. The molecular weight excluding hydrogens is 384 g/mol. The number of aliphatic imine (C=N–C) groups is 1. The Bertz CT molecular complexity index is 702. The lowest BCUT2D eigenvalue weighted by atomic mass is 10.0. The first-order valence-corrected chi connectivity index (χ1v) is 10.7. The Morgan fingerprint density at radius 1 is 1.30 bits per heavy atom. The Labute approximate surface area is 180 Å².